The molecule has 0 radical (unpaired) electrons. The van der Waals surface area contributed by atoms with Gasteiger partial charge in [-0.1, -0.05) is 0 Å². The number of rotatable bonds is 4. The fraction of sp³-hybridized carbons (Fsp3) is 1.00. The second-order valence-corrected chi connectivity index (χ2v) is 10.1. The predicted octanol–water partition coefficient (Wildman–Crippen LogP) is -0.218. The Labute approximate surface area is 115 Å². The third-order valence-corrected chi connectivity index (χ3v) is 7.98. The second-order valence-electron chi connectivity index (χ2n) is 5.59. The maximum Gasteiger partial charge on any atom is 0.228 e. The lowest BCUT2D eigenvalue weighted by Crippen LogP contribution is -2.44. The van der Waals surface area contributed by atoms with Crippen molar-refractivity contribution in [2.75, 3.05) is 31.0 Å². The van der Waals surface area contributed by atoms with E-state index in [9.17, 15) is 16.8 Å². The van der Waals surface area contributed by atoms with Gasteiger partial charge < -0.3 is 5.32 Å². The predicted molar refractivity (Wildman–Crippen MR) is 74.0 cm³/mol. The van der Waals surface area contributed by atoms with E-state index in [-0.39, 0.29) is 0 Å². The Morgan fingerprint density at radius 3 is 2.21 bits per heavy atom. The summed E-state index contributed by atoms with van der Waals surface area (Å²) < 4.78 is 47.5. The standard InChI is InChI=1S/C11H22N2O4S2/c1-18(14,15)9-19(16,17)13-7-4-10(5-8-13)11-3-2-6-12-11/h10-12H,2-9H2,1H3. The van der Waals surface area contributed by atoms with Gasteiger partial charge in [-0.05, 0) is 38.1 Å². The van der Waals surface area contributed by atoms with Crippen LogP contribution in [-0.4, -0.2) is 58.2 Å². The molecule has 19 heavy (non-hydrogen) atoms. The van der Waals surface area contributed by atoms with Crippen LogP contribution in [0.5, 0.6) is 0 Å². The van der Waals surface area contributed by atoms with Crippen LogP contribution >= 0.6 is 0 Å². The maximum absolute atomic E-state index is 12.0. The molecular weight excluding hydrogens is 288 g/mol. The number of nitrogens with zero attached hydrogens (tertiary/aromatic N) is 1. The molecule has 2 rings (SSSR count). The number of piperidine rings is 1. The van der Waals surface area contributed by atoms with Gasteiger partial charge in [0.1, 0.15) is 0 Å². The van der Waals surface area contributed by atoms with Crippen LogP contribution in [0.1, 0.15) is 25.7 Å². The largest absolute Gasteiger partial charge is 0.314 e. The van der Waals surface area contributed by atoms with Gasteiger partial charge in [-0.25, -0.2) is 21.1 Å². The first-order valence-electron chi connectivity index (χ1n) is 6.67. The van der Waals surface area contributed by atoms with Gasteiger partial charge in [0.05, 0.1) is 0 Å². The monoisotopic (exact) mass is 310 g/mol. The van der Waals surface area contributed by atoms with Gasteiger partial charge in [0, 0.05) is 25.4 Å². The third kappa shape index (κ3) is 4.14. The molecule has 2 aliphatic rings. The summed E-state index contributed by atoms with van der Waals surface area (Å²) in [6.45, 7) is 1.94. The summed E-state index contributed by atoms with van der Waals surface area (Å²) >= 11 is 0. The lowest BCUT2D eigenvalue weighted by Gasteiger charge is -2.34. The highest BCUT2D eigenvalue weighted by Crippen LogP contribution is 2.27. The van der Waals surface area contributed by atoms with Crippen molar-refractivity contribution >= 4 is 19.9 Å². The molecule has 0 spiro atoms. The number of sulfonamides is 1. The smallest absolute Gasteiger partial charge is 0.228 e. The molecular formula is C11H22N2O4S2. The SMILES string of the molecule is CS(=O)(=O)CS(=O)(=O)N1CCC(C2CCCN2)CC1. The van der Waals surface area contributed by atoms with Crippen molar-refractivity contribution in [2.45, 2.75) is 31.7 Å². The van der Waals surface area contributed by atoms with E-state index in [0.29, 0.717) is 25.0 Å². The maximum atomic E-state index is 12.0. The Balaban J connectivity index is 1.92. The molecule has 0 aromatic rings. The second kappa shape index (κ2) is 5.67. The zero-order chi connectivity index (χ0) is 14.1. The van der Waals surface area contributed by atoms with Crippen LogP contribution in [0.15, 0.2) is 0 Å². The summed E-state index contributed by atoms with van der Waals surface area (Å²) in [6.07, 6.45) is 4.96. The minimum atomic E-state index is -3.66. The molecule has 6 nitrogen and oxygen atoms in total. The topological polar surface area (TPSA) is 83.5 Å². The van der Waals surface area contributed by atoms with Crippen LogP contribution in [0, 0.1) is 5.92 Å². The van der Waals surface area contributed by atoms with Crippen molar-refractivity contribution in [3.8, 4) is 0 Å². The molecule has 0 aromatic heterocycles. The van der Waals surface area contributed by atoms with Gasteiger partial charge in [-0.15, -0.1) is 0 Å². The Bertz CT molecular complexity index is 501. The minimum Gasteiger partial charge on any atom is -0.314 e. The molecule has 0 aliphatic carbocycles. The molecule has 2 heterocycles. The van der Waals surface area contributed by atoms with E-state index in [1.54, 1.807) is 0 Å². The lowest BCUT2D eigenvalue weighted by molar-refractivity contribution is 0.234. The molecule has 8 heteroatoms. The van der Waals surface area contributed by atoms with Crippen LogP contribution in [0.2, 0.25) is 0 Å². The summed E-state index contributed by atoms with van der Waals surface area (Å²) in [6, 6.07) is 0.514. The van der Waals surface area contributed by atoms with E-state index < -0.39 is 24.9 Å². The average Bonchev–Trinajstić information content (AvgIpc) is 2.79. The highest BCUT2D eigenvalue weighted by Gasteiger charge is 2.33. The van der Waals surface area contributed by atoms with E-state index in [1.807, 2.05) is 0 Å². The molecule has 2 fully saturated rings. The number of nitrogens with one attached hydrogen (secondary N) is 1. The molecule has 0 saturated carbocycles. The van der Waals surface area contributed by atoms with Gasteiger partial charge >= 0.3 is 0 Å². The van der Waals surface area contributed by atoms with Crippen LogP contribution in [0.4, 0.5) is 0 Å². The number of sulfone groups is 1. The quantitative estimate of drug-likeness (QED) is 0.776. The summed E-state index contributed by atoms with van der Waals surface area (Å²) in [4.78, 5) is 0. The summed E-state index contributed by atoms with van der Waals surface area (Å²) in [5.41, 5.74) is 0. The van der Waals surface area contributed by atoms with Crippen molar-refractivity contribution in [2.24, 2.45) is 5.92 Å². The summed E-state index contributed by atoms with van der Waals surface area (Å²) in [7, 11) is -7.17. The Morgan fingerprint density at radius 2 is 1.74 bits per heavy atom. The van der Waals surface area contributed by atoms with Crippen molar-refractivity contribution in [3.63, 3.8) is 0 Å². The van der Waals surface area contributed by atoms with Crippen LogP contribution in [0.25, 0.3) is 0 Å². The highest BCUT2D eigenvalue weighted by atomic mass is 32.3. The molecule has 2 saturated heterocycles. The fourth-order valence-electron chi connectivity index (χ4n) is 3.02. The molecule has 1 unspecified atom stereocenters. The average molecular weight is 310 g/mol. The van der Waals surface area contributed by atoms with Crippen molar-refractivity contribution in [1.82, 2.24) is 9.62 Å². The Morgan fingerprint density at radius 1 is 1.11 bits per heavy atom. The molecule has 112 valence electrons. The van der Waals surface area contributed by atoms with Crippen LogP contribution in [0.3, 0.4) is 0 Å². The molecule has 2 aliphatic heterocycles. The van der Waals surface area contributed by atoms with Gasteiger partial charge in [0.2, 0.25) is 10.0 Å². The number of hydrogen-bond donors (Lipinski definition) is 1. The zero-order valence-electron chi connectivity index (χ0n) is 11.2. The van der Waals surface area contributed by atoms with Crippen molar-refractivity contribution in [3.05, 3.63) is 0 Å². The third-order valence-electron chi connectivity index (χ3n) is 3.92. The first-order valence-corrected chi connectivity index (χ1v) is 10.3. The van der Waals surface area contributed by atoms with E-state index in [4.69, 9.17) is 0 Å². The normalized spacial score (nSPS) is 27.7. The van der Waals surface area contributed by atoms with Gasteiger partial charge in [0.25, 0.3) is 0 Å². The van der Waals surface area contributed by atoms with Crippen LogP contribution in [-0.2, 0) is 19.9 Å². The van der Waals surface area contributed by atoms with E-state index in [1.165, 1.54) is 17.1 Å². The van der Waals surface area contributed by atoms with Crippen molar-refractivity contribution < 1.29 is 16.8 Å². The van der Waals surface area contributed by atoms with E-state index in [0.717, 1.165) is 25.6 Å². The molecule has 1 N–H and O–H groups in total. The van der Waals surface area contributed by atoms with Gasteiger partial charge in [-0.2, -0.15) is 0 Å². The molecule has 0 amide bonds. The molecule has 0 bridgehead atoms. The van der Waals surface area contributed by atoms with Gasteiger partial charge in [-0.3, -0.25) is 0 Å². The van der Waals surface area contributed by atoms with Crippen LogP contribution < -0.4 is 5.32 Å². The number of hydrogen-bond acceptors (Lipinski definition) is 5. The minimum absolute atomic E-state index is 0.445. The Kier molecular flexibility index (Phi) is 4.54. The molecule has 0 aromatic carbocycles. The molecule has 1 atom stereocenters. The van der Waals surface area contributed by atoms with E-state index >= 15 is 0 Å². The van der Waals surface area contributed by atoms with E-state index in [2.05, 4.69) is 5.32 Å². The highest BCUT2D eigenvalue weighted by molar-refractivity contribution is 8.06. The summed E-state index contributed by atoms with van der Waals surface area (Å²) in [5, 5.41) is 2.68. The first kappa shape index (κ1) is 15.2. The zero-order valence-corrected chi connectivity index (χ0v) is 12.8. The Hall–Kier alpha value is -0.180. The fourth-order valence-corrected chi connectivity index (χ4v) is 6.54. The van der Waals surface area contributed by atoms with Gasteiger partial charge in [0.15, 0.2) is 14.9 Å². The summed E-state index contributed by atoms with van der Waals surface area (Å²) in [5.74, 6) is 0.521. The lowest BCUT2D eigenvalue weighted by atomic mass is 9.89. The van der Waals surface area contributed by atoms with Crippen molar-refractivity contribution in [1.29, 1.82) is 0 Å². The first-order chi connectivity index (χ1) is 8.78.